The van der Waals surface area contributed by atoms with Gasteiger partial charge in [-0.25, -0.2) is 4.90 Å². The summed E-state index contributed by atoms with van der Waals surface area (Å²) in [6, 6.07) is 14.0. The highest BCUT2D eigenvalue weighted by molar-refractivity contribution is 8.03. The van der Waals surface area contributed by atoms with Crippen LogP contribution in [0.4, 0.5) is 11.4 Å². The maximum absolute atomic E-state index is 13.6. The minimum absolute atomic E-state index is 0.184. The van der Waals surface area contributed by atoms with Gasteiger partial charge in [0, 0.05) is 22.7 Å². The molecule has 0 aliphatic carbocycles. The van der Waals surface area contributed by atoms with E-state index in [0.717, 1.165) is 0 Å². The zero-order valence-corrected chi connectivity index (χ0v) is 16.4. The third-order valence-corrected chi connectivity index (χ3v) is 6.56. The molecule has 1 spiro atoms. The number of anilines is 2. The van der Waals surface area contributed by atoms with Gasteiger partial charge in [-0.2, -0.15) is 0 Å². The van der Waals surface area contributed by atoms with Gasteiger partial charge in [0.15, 0.2) is 0 Å². The van der Waals surface area contributed by atoms with Crippen LogP contribution in [-0.4, -0.2) is 23.0 Å². The molecule has 7 heteroatoms. The number of para-hydroxylation sites is 1. The maximum atomic E-state index is 13.6. The number of hydrogen-bond donors (Lipinski definition) is 0. The largest absolute Gasteiger partial charge is 0.283 e. The topological polar surface area (TPSA) is 57.7 Å². The highest BCUT2D eigenvalue weighted by atomic mass is 35.5. The number of benzene rings is 2. The first-order valence-corrected chi connectivity index (χ1v) is 9.92. The quantitative estimate of drug-likeness (QED) is 0.766. The van der Waals surface area contributed by atoms with Crippen LogP contribution in [0.5, 0.6) is 0 Å². The smallest absolute Gasteiger partial charge is 0.275 e. The summed E-state index contributed by atoms with van der Waals surface area (Å²) in [6.07, 6.45) is 0.196. The molecule has 0 bridgehead atoms. The molecule has 27 heavy (non-hydrogen) atoms. The normalized spacial score (nSPS) is 24.0. The van der Waals surface area contributed by atoms with Gasteiger partial charge in [-0.15, -0.1) is 11.8 Å². The van der Waals surface area contributed by atoms with Crippen LogP contribution in [0.25, 0.3) is 0 Å². The number of amides is 3. The van der Waals surface area contributed by atoms with E-state index in [1.807, 2.05) is 12.1 Å². The predicted molar refractivity (Wildman–Crippen MR) is 107 cm³/mol. The number of carbonyl (C=O) groups excluding carboxylic acids is 3. The third-order valence-electron chi connectivity index (χ3n) is 4.85. The summed E-state index contributed by atoms with van der Waals surface area (Å²) < 4.78 is 0. The molecule has 2 heterocycles. The van der Waals surface area contributed by atoms with E-state index >= 15 is 0 Å². The van der Waals surface area contributed by atoms with Crippen molar-refractivity contribution in [3.8, 4) is 0 Å². The number of rotatable bonds is 2. The molecule has 0 radical (unpaired) electrons. The number of fused-ring (bicyclic) bond motifs is 2. The van der Waals surface area contributed by atoms with Crippen molar-refractivity contribution in [2.75, 3.05) is 9.80 Å². The van der Waals surface area contributed by atoms with Crippen LogP contribution in [-0.2, 0) is 19.3 Å². The summed E-state index contributed by atoms with van der Waals surface area (Å²) >= 11 is 7.41. The van der Waals surface area contributed by atoms with Crippen LogP contribution in [0.3, 0.4) is 0 Å². The Hall–Kier alpha value is -2.31. The lowest BCUT2D eigenvalue weighted by molar-refractivity contribution is -0.128. The fraction of sp³-hybridized carbons (Fsp3) is 0.250. The molecule has 2 aliphatic rings. The van der Waals surface area contributed by atoms with Crippen molar-refractivity contribution in [3.05, 3.63) is 59.1 Å². The first-order chi connectivity index (χ1) is 12.9. The fourth-order valence-corrected chi connectivity index (χ4v) is 5.38. The van der Waals surface area contributed by atoms with Crippen LogP contribution in [0.2, 0.25) is 5.02 Å². The molecule has 0 N–H and O–H groups in total. The summed E-state index contributed by atoms with van der Waals surface area (Å²) in [5, 5.41) is 0.0397. The molecule has 4 rings (SSSR count). The Morgan fingerprint density at radius 1 is 1.19 bits per heavy atom. The van der Waals surface area contributed by atoms with E-state index in [9.17, 15) is 14.4 Å². The second-order valence-corrected chi connectivity index (χ2v) is 8.43. The van der Waals surface area contributed by atoms with Gasteiger partial charge in [-0.3, -0.25) is 19.3 Å². The Labute approximate surface area is 166 Å². The van der Waals surface area contributed by atoms with E-state index in [2.05, 4.69) is 0 Å². The highest BCUT2D eigenvalue weighted by Gasteiger charge is 2.64. The lowest BCUT2D eigenvalue weighted by Gasteiger charge is -2.33. The Balaban J connectivity index is 1.98. The Kier molecular flexibility index (Phi) is 4.28. The van der Waals surface area contributed by atoms with E-state index < -0.39 is 16.0 Å². The van der Waals surface area contributed by atoms with Crippen LogP contribution < -0.4 is 9.80 Å². The van der Waals surface area contributed by atoms with Gasteiger partial charge in [-0.1, -0.05) is 42.8 Å². The Morgan fingerprint density at radius 3 is 2.63 bits per heavy atom. The lowest BCUT2D eigenvalue weighted by Crippen LogP contribution is -2.51. The van der Waals surface area contributed by atoms with Crippen LogP contribution in [0.15, 0.2) is 48.5 Å². The van der Waals surface area contributed by atoms with Crippen molar-refractivity contribution in [2.24, 2.45) is 0 Å². The van der Waals surface area contributed by atoms with Crippen molar-refractivity contribution in [3.63, 3.8) is 0 Å². The lowest BCUT2D eigenvalue weighted by atomic mass is 10.0. The van der Waals surface area contributed by atoms with Crippen LogP contribution in [0.1, 0.15) is 25.8 Å². The SMILES string of the molecule is CCC(=O)N1C(=O)C2(SC(C)C(=O)N2c2cccc(Cl)c2)c2ccccc21. The van der Waals surface area contributed by atoms with Crippen molar-refractivity contribution in [2.45, 2.75) is 30.4 Å². The molecule has 138 valence electrons. The first-order valence-electron chi connectivity index (χ1n) is 8.66. The predicted octanol–water partition coefficient (Wildman–Crippen LogP) is 3.94. The molecule has 3 amide bonds. The summed E-state index contributed by atoms with van der Waals surface area (Å²) in [5.41, 5.74) is 1.73. The number of nitrogens with zero attached hydrogens (tertiary/aromatic N) is 2. The number of carbonyl (C=O) groups is 3. The summed E-state index contributed by atoms with van der Waals surface area (Å²) in [7, 11) is 0. The van der Waals surface area contributed by atoms with Crippen molar-refractivity contribution in [1.29, 1.82) is 0 Å². The van der Waals surface area contributed by atoms with E-state index in [1.54, 1.807) is 50.2 Å². The molecule has 5 nitrogen and oxygen atoms in total. The fourth-order valence-electron chi connectivity index (χ4n) is 3.69. The molecule has 0 aromatic heterocycles. The van der Waals surface area contributed by atoms with E-state index in [0.29, 0.717) is 22.0 Å². The van der Waals surface area contributed by atoms with Crippen molar-refractivity contribution >= 4 is 52.5 Å². The zero-order valence-electron chi connectivity index (χ0n) is 14.8. The van der Waals surface area contributed by atoms with Gasteiger partial charge < -0.3 is 0 Å². The van der Waals surface area contributed by atoms with Crippen molar-refractivity contribution in [1.82, 2.24) is 0 Å². The van der Waals surface area contributed by atoms with Gasteiger partial charge in [0.1, 0.15) is 0 Å². The van der Waals surface area contributed by atoms with Crippen molar-refractivity contribution < 1.29 is 14.4 Å². The summed E-state index contributed by atoms with van der Waals surface area (Å²) in [6.45, 7) is 3.49. The molecule has 1 fully saturated rings. The summed E-state index contributed by atoms with van der Waals surface area (Å²) in [4.78, 5) is 40.7. The van der Waals surface area contributed by atoms with Gasteiger partial charge in [0.2, 0.25) is 16.7 Å². The molecule has 2 aromatic rings. The molecule has 2 unspecified atom stereocenters. The minimum atomic E-state index is -1.30. The van der Waals surface area contributed by atoms with Crippen LogP contribution in [0, 0.1) is 0 Å². The minimum Gasteiger partial charge on any atom is -0.283 e. The van der Waals surface area contributed by atoms with Gasteiger partial charge in [0.05, 0.1) is 10.9 Å². The number of imide groups is 1. The second-order valence-electron chi connectivity index (χ2n) is 6.46. The van der Waals surface area contributed by atoms with Gasteiger partial charge in [0.25, 0.3) is 5.91 Å². The molecule has 2 atom stereocenters. The van der Waals surface area contributed by atoms with E-state index in [-0.39, 0.29) is 18.2 Å². The Morgan fingerprint density at radius 2 is 1.93 bits per heavy atom. The highest BCUT2D eigenvalue weighted by Crippen LogP contribution is 2.57. The number of thioether (sulfide) groups is 1. The Bertz CT molecular complexity index is 979. The molecule has 1 saturated heterocycles. The molecule has 0 saturated carbocycles. The van der Waals surface area contributed by atoms with E-state index in [1.165, 1.54) is 21.6 Å². The third kappa shape index (κ3) is 2.43. The molecular formula is C20H17ClN2O3S. The molecular weight excluding hydrogens is 384 g/mol. The molecule has 2 aliphatic heterocycles. The van der Waals surface area contributed by atoms with Crippen LogP contribution >= 0.6 is 23.4 Å². The number of halogens is 1. The van der Waals surface area contributed by atoms with E-state index in [4.69, 9.17) is 11.6 Å². The molecule has 2 aromatic carbocycles. The zero-order chi connectivity index (χ0) is 19.3. The van der Waals surface area contributed by atoms with Gasteiger partial charge in [-0.05, 0) is 31.2 Å². The average Bonchev–Trinajstić information content (AvgIpc) is 3.07. The average molecular weight is 401 g/mol. The first kappa shape index (κ1) is 18.1. The standard InChI is InChI=1S/C20H17ClN2O3S/c1-3-17(24)22-16-10-5-4-9-15(16)20(19(22)26)23(18(25)12(2)27-20)14-8-6-7-13(21)11-14/h4-12H,3H2,1-2H3. The maximum Gasteiger partial charge on any atom is 0.275 e. The second kappa shape index (κ2) is 6.39. The van der Waals surface area contributed by atoms with Gasteiger partial charge >= 0.3 is 0 Å². The number of hydrogen-bond acceptors (Lipinski definition) is 4. The monoisotopic (exact) mass is 400 g/mol. The summed E-state index contributed by atoms with van der Waals surface area (Å²) in [5.74, 6) is -0.877.